The summed E-state index contributed by atoms with van der Waals surface area (Å²) in [6, 6.07) is 59.3. The van der Waals surface area contributed by atoms with Gasteiger partial charge in [-0.1, -0.05) is 199 Å². The molecule has 5 aliphatic carbocycles. The normalized spacial score (nSPS) is 17.8. The molecule has 1 spiro atoms. The van der Waals surface area contributed by atoms with Gasteiger partial charge in [-0.25, -0.2) is 0 Å². The Morgan fingerprint density at radius 3 is 1.83 bits per heavy atom. The Bertz CT molecular complexity index is 3240. The minimum absolute atomic E-state index is 0.0727. The molecule has 66 heavy (non-hydrogen) atoms. The molecule has 1 heterocycles. The van der Waals surface area contributed by atoms with Crippen LogP contribution in [0.4, 0.5) is 5.69 Å². The zero-order valence-corrected chi connectivity index (χ0v) is 40.2. The molecular weight excluding hydrogens is 815 g/mol. The van der Waals surface area contributed by atoms with Gasteiger partial charge in [0.1, 0.15) is 0 Å². The molecule has 1 unspecified atom stereocenters. The molecule has 7 aromatic carbocycles. The minimum atomic E-state index is -0.338. The molecule has 1 aromatic heterocycles. The highest BCUT2D eigenvalue weighted by Crippen LogP contribution is 2.62. The van der Waals surface area contributed by atoms with E-state index < -0.39 is 0 Å². The quantitative estimate of drug-likeness (QED) is 0.186. The van der Waals surface area contributed by atoms with Crippen LogP contribution in [0.25, 0.3) is 44.0 Å². The predicted molar refractivity (Wildman–Crippen MR) is 284 cm³/mol. The zero-order valence-electron chi connectivity index (χ0n) is 39.4. The van der Waals surface area contributed by atoms with Gasteiger partial charge >= 0.3 is 0 Å². The molecule has 0 fully saturated rings. The van der Waals surface area contributed by atoms with Crippen LogP contribution in [-0.4, -0.2) is 7.05 Å². The molecule has 5 aliphatic rings. The van der Waals surface area contributed by atoms with E-state index >= 15 is 0 Å². The standard InChI is InChI=1S/C35H29N.C27H24S.C2H6/c1-34(2)29-12-6-8-14-31(29)35(32-15-9-7-13-30(32)34)28-11-5-4-10-26(28)27-21-18-24(22-33(27)35)23-16-19-25(36-3)20-17-23;1-27(2)23-12-5-3-8-19(23)22-11-7-10-18(26(22)27)17-14-15-21-20-9-4-6-13-24(20)28-25(21)16-17;1-2/h4-22,36H,1-3H3;3-5,7-9,11-12,14-16,18H,6,10,13H2,1-2H3;1-2H3. The summed E-state index contributed by atoms with van der Waals surface area (Å²) in [5, 5.41) is 4.67. The first-order valence-electron chi connectivity index (χ1n) is 24.2. The Balaban J connectivity index is 0.000000145. The van der Waals surface area contributed by atoms with E-state index in [9.17, 15) is 0 Å². The molecule has 0 amide bonds. The van der Waals surface area contributed by atoms with Crippen LogP contribution >= 0.6 is 11.3 Å². The van der Waals surface area contributed by atoms with Crippen molar-refractivity contribution in [1.29, 1.82) is 0 Å². The van der Waals surface area contributed by atoms with Crippen molar-refractivity contribution in [1.82, 2.24) is 0 Å². The SMILES string of the molecule is CC.CC1(C)C2=C(C=CCC2c2ccc3c4c(sc3c2)CCC=C4)c2ccccc21.CNc1ccc(-c2ccc3c(c2)C2(c4ccccc4-3)c3ccccc3C(C)(C)c3ccccc32)cc1. The van der Waals surface area contributed by atoms with E-state index in [1.54, 1.807) is 10.5 Å². The Morgan fingerprint density at radius 1 is 0.530 bits per heavy atom. The predicted octanol–water partition coefficient (Wildman–Crippen LogP) is 17.1. The third-order valence-electron chi connectivity index (χ3n) is 15.5. The monoisotopic (exact) mass is 873 g/mol. The number of nitrogens with one attached hydrogen (secondary N) is 1. The lowest BCUT2D eigenvalue weighted by Crippen LogP contribution is -2.40. The van der Waals surface area contributed by atoms with Crippen molar-refractivity contribution in [2.24, 2.45) is 0 Å². The fourth-order valence-electron chi connectivity index (χ4n) is 12.5. The lowest BCUT2D eigenvalue weighted by Gasteiger charge is -2.46. The fraction of sp³-hybridized carbons (Fsp3) is 0.219. The molecule has 1 atom stereocenters. The summed E-state index contributed by atoms with van der Waals surface area (Å²) in [5.41, 5.74) is 23.3. The number of thiophene rings is 1. The molecule has 326 valence electrons. The van der Waals surface area contributed by atoms with Crippen LogP contribution in [0.3, 0.4) is 0 Å². The smallest absolute Gasteiger partial charge is 0.0719 e. The Kier molecular flexibility index (Phi) is 10.3. The summed E-state index contributed by atoms with van der Waals surface area (Å²) in [6.07, 6.45) is 12.9. The minimum Gasteiger partial charge on any atom is -0.388 e. The Morgan fingerprint density at radius 2 is 1.14 bits per heavy atom. The maximum Gasteiger partial charge on any atom is 0.0719 e. The summed E-state index contributed by atoms with van der Waals surface area (Å²) in [5.74, 6) is 0.474. The summed E-state index contributed by atoms with van der Waals surface area (Å²) in [6.45, 7) is 13.6. The molecule has 8 aromatic rings. The maximum atomic E-state index is 3.24. The Labute approximate surface area is 396 Å². The second kappa shape index (κ2) is 16.1. The van der Waals surface area contributed by atoms with Gasteiger partial charge in [0, 0.05) is 39.1 Å². The number of allylic oxidation sites excluding steroid dienone is 5. The second-order valence-corrected chi connectivity index (χ2v) is 20.6. The molecule has 2 heteroatoms. The van der Waals surface area contributed by atoms with Gasteiger partial charge in [0.2, 0.25) is 0 Å². The van der Waals surface area contributed by atoms with Crippen LogP contribution in [0.1, 0.15) is 121 Å². The highest BCUT2D eigenvalue weighted by atomic mass is 32.1. The average Bonchev–Trinajstić information content (AvgIpc) is 3.97. The number of rotatable bonds is 3. The highest BCUT2D eigenvalue weighted by molar-refractivity contribution is 7.19. The van der Waals surface area contributed by atoms with E-state index in [1.807, 2.05) is 32.2 Å². The molecule has 0 bridgehead atoms. The summed E-state index contributed by atoms with van der Waals surface area (Å²) < 4.78 is 1.46. The van der Waals surface area contributed by atoms with Crippen LogP contribution < -0.4 is 5.32 Å². The van der Waals surface area contributed by atoms with E-state index in [2.05, 4.69) is 215 Å². The van der Waals surface area contributed by atoms with Crippen molar-refractivity contribution >= 4 is 38.8 Å². The van der Waals surface area contributed by atoms with Gasteiger partial charge in [0.25, 0.3) is 0 Å². The zero-order chi connectivity index (χ0) is 45.4. The average molecular weight is 874 g/mol. The van der Waals surface area contributed by atoms with Crippen molar-refractivity contribution < 1.29 is 0 Å². The number of hydrogen-bond donors (Lipinski definition) is 1. The van der Waals surface area contributed by atoms with E-state index in [-0.39, 0.29) is 16.2 Å². The lowest BCUT2D eigenvalue weighted by atomic mass is 9.55. The van der Waals surface area contributed by atoms with Crippen LogP contribution in [0.5, 0.6) is 0 Å². The molecule has 13 rings (SSSR count). The van der Waals surface area contributed by atoms with Gasteiger partial charge in [-0.15, -0.1) is 11.3 Å². The van der Waals surface area contributed by atoms with Gasteiger partial charge in [-0.3, -0.25) is 0 Å². The molecule has 0 saturated heterocycles. The van der Waals surface area contributed by atoms with Crippen LogP contribution in [-0.2, 0) is 22.7 Å². The fourth-order valence-corrected chi connectivity index (χ4v) is 13.7. The van der Waals surface area contributed by atoms with E-state index in [4.69, 9.17) is 0 Å². The molecule has 1 nitrogen and oxygen atoms in total. The van der Waals surface area contributed by atoms with Gasteiger partial charge in [-0.2, -0.15) is 0 Å². The molecule has 1 N–H and O–H groups in total. The first kappa shape index (κ1) is 42.2. The van der Waals surface area contributed by atoms with Crippen LogP contribution in [0, 0.1) is 0 Å². The summed E-state index contributed by atoms with van der Waals surface area (Å²) in [7, 11) is 1.96. The van der Waals surface area contributed by atoms with Crippen molar-refractivity contribution in [3.8, 4) is 22.3 Å². The maximum absolute atomic E-state index is 3.24. The number of hydrogen-bond acceptors (Lipinski definition) is 2. The summed E-state index contributed by atoms with van der Waals surface area (Å²) >= 11 is 2.01. The van der Waals surface area contributed by atoms with Gasteiger partial charge in [0.05, 0.1) is 5.41 Å². The summed E-state index contributed by atoms with van der Waals surface area (Å²) in [4.78, 5) is 1.56. The molecule has 0 aliphatic heterocycles. The highest BCUT2D eigenvalue weighted by Gasteiger charge is 2.53. The first-order chi connectivity index (χ1) is 32.2. The number of aryl methyl sites for hydroxylation is 1. The number of benzene rings is 7. The van der Waals surface area contributed by atoms with Gasteiger partial charge in [-0.05, 0) is 138 Å². The lowest BCUT2D eigenvalue weighted by molar-refractivity contribution is 0.563. The number of fused-ring (bicyclic) bond motifs is 14. The van der Waals surface area contributed by atoms with Crippen molar-refractivity contribution in [3.63, 3.8) is 0 Å². The van der Waals surface area contributed by atoms with Crippen LogP contribution in [0.15, 0.2) is 182 Å². The van der Waals surface area contributed by atoms with Gasteiger partial charge < -0.3 is 5.32 Å². The third-order valence-corrected chi connectivity index (χ3v) is 16.7. The largest absolute Gasteiger partial charge is 0.388 e. The van der Waals surface area contributed by atoms with Crippen molar-refractivity contribution in [2.75, 3.05) is 12.4 Å². The third kappa shape index (κ3) is 6.17. The van der Waals surface area contributed by atoms with Crippen molar-refractivity contribution in [2.45, 2.75) is 83.0 Å². The number of anilines is 1. The Hall–Kier alpha value is -6.48. The van der Waals surface area contributed by atoms with E-state index in [1.165, 1.54) is 106 Å². The van der Waals surface area contributed by atoms with Crippen molar-refractivity contribution in [3.05, 3.63) is 242 Å². The first-order valence-corrected chi connectivity index (χ1v) is 25.0. The van der Waals surface area contributed by atoms with Crippen LogP contribution in [0.2, 0.25) is 0 Å². The van der Waals surface area contributed by atoms with Gasteiger partial charge in [0.15, 0.2) is 0 Å². The second-order valence-electron chi connectivity index (χ2n) is 19.4. The molecule has 0 radical (unpaired) electrons. The van der Waals surface area contributed by atoms with E-state index in [0.29, 0.717) is 5.92 Å². The topological polar surface area (TPSA) is 12.0 Å². The molecular formula is C64H59NS. The van der Waals surface area contributed by atoms with E-state index in [0.717, 1.165) is 12.1 Å². The molecule has 0 saturated carbocycles.